The molecule has 5 nitrogen and oxygen atoms in total. The fraction of sp³-hybridized carbons (Fsp3) is 0.353. The number of carbonyl (C=O) groups excluding carboxylic acids is 1. The van der Waals surface area contributed by atoms with Gasteiger partial charge in [-0.15, -0.1) is 0 Å². The third-order valence-electron chi connectivity index (χ3n) is 3.06. The molecule has 5 heteroatoms. The Morgan fingerprint density at radius 3 is 2.05 bits per heavy atom. The number of rotatable bonds is 7. The molecule has 0 fully saturated rings. The Labute approximate surface area is 131 Å². The van der Waals surface area contributed by atoms with Crippen molar-refractivity contribution in [1.29, 1.82) is 0 Å². The molecule has 0 amide bonds. The fourth-order valence-corrected chi connectivity index (χ4v) is 1.86. The summed E-state index contributed by atoms with van der Waals surface area (Å²) in [5.41, 5.74) is 2.02. The van der Waals surface area contributed by atoms with Crippen LogP contribution in [0.2, 0.25) is 0 Å². The van der Waals surface area contributed by atoms with E-state index < -0.39 is 5.97 Å². The lowest BCUT2D eigenvalue weighted by atomic mass is 10.0. The summed E-state index contributed by atoms with van der Waals surface area (Å²) in [5.74, 6) is 1.46. The molecule has 1 aromatic rings. The Balaban J connectivity index is 3.07. The first kappa shape index (κ1) is 17.6. The predicted octanol–water partition coefficient (Wildman–Crippen LogP) is 3.24. The summed E-state index contributed by atoms with van der Waals surface area (Å²) in [7, 11) is 4.73. The number of benzene rings is 1. The molecular weight excluding hydrogens is 284 g/mol. The highest BCUT2D eigenvalue weighted by Gasteiger charge is 2.14. The number of carbonyl (C=O) groups is 1. The molecule has 1 rings (SSSR count). The van der Waals surface area contributed by atoms with Gasteiger partial charge < -0.3 is 18.9 Å². The summed E-state index contributed by atoms with van der Waals surface area (Å²) >= 11 is 0. The van der Waals surface area contributed by atoms with Crippen LogP contribution in [0.3, 0.4) is 0 Å². The summed E-state index contributed by atoms with van der Waals surface area (Å²) < 4.78 is 21.1. The minimum absolute atomic E-state index is 0.149. The van der Waals surface area contributed by atoms with Crippen LogP contribution in [-0.2, 0) is 9.53 Å². The first-order valence-corrected chi connectivity index (χ1v) is 6.74. The molecule has 0 atom stereocenters. The normalized spacial score (nSPS) is 10.9. The second-order valence-corrected chi connectivity index (χ2v) is 4.67. The summed E-state index contributed by atoms with van der Waals surface area (Å²) in [6, 6.07) is 3.55. The van der Waals surface area contributed by atoms with Gasteiger partial charge in [-0.3, -0.25) is 0 Å². The van der Waals surface area contributed by atoms with E-state index >= 15 is 0 Å². The molecule has 0 aromatic heterocycles. The quantitative estimate of drug-likeness (QED) is 0.572. The first-order chi connectivity index (χ1) is 10.4. The van der Waals surface area contributed by atoms with Crippen LogP contribution in [0.15, 0.2) is 30.4 Å². The average molecular weight is 306 g/mol. The Morgan fingerprint density at radius 2 is 1.64 bits per heavy atom. The molecule has 0 spiro atoms. The van der Waals surface area contributed by atoms with Crippen LogP contribution in [0.1, 0.15) is 19.4 Å². The highest BCUT2D eigenvalue weighted by molar-refractivity contribution is 5.87. The maximum atomic E-state index is 11.4. The van der Waals surface area contributed by atoms with Gasteiger partial charge in [0.2, 0.25) is 0 Å². The van der Waals surface area contributed by atoms with Gasteiger partial charge in [-0.1, -0.05) is 6.58 Å². The molecule has 0 aliphatic heterocycles. The van der Waals surface area contributed by atoms with Crippen molar-refractivity contribution in [3.05, 3.63) is 35.9 Å². The van der Waals surface area contributed by atoms with Gasteiger partial charge in [0.1, 0.15) is 23.9 Å². The van der Waals surface area contributed by atoms with Crippen LogP contribution in [0.25, 0.3) is 5.57 Å². The van der Waals surface area contributed by atoms with Crippen LogP contribution in [0.5, 0.6) is 17.2 Å². The maximum absolute atomic E-state index is 11.4. The standard InChI is InChI=1S/C17H22O5/c1-11(2)17(18)22-8-7-12(3)16-14(20-5)9-13(19-4)10-15(16)21-6/h7,9-10H,1,8H2,2-6H3/b12-7-. The molecule has 0 aliphatic carbocycles. The third kappa shape index (κ3) is 4.28. The summed E-state index contributed by atoms with van der Waals surface area (Å²) in [5, 5.41) is 0. The molecule has 0 unspecified atom stereocenters. The molecule has 22 heavy (non-hydrogen) atoms. The second kappa shape index (κ2) is 8.12. The van der Waals surface area contributed by atoms with E-state index in [2.05, 4.69) is 6.58 Å². The zero-order valence-electron chi connectivity index (χ0n) is 13.7. The molecule has 1 aromatic carbocycles. The molecule has 0 aliphatic rings. The minimum Gasteiger partial charge on any atom is -0.496 e. The largest absolute Gasteiger partial charge is 0.496 e. The second-order valence-electron chi connectivity index (χ2n) is 4.67. The molecule has 0 heterocycles. The Kier molecular flexibility index (Phi) is 6.50. The lowest BCUT2D eigenvalue weighted by Gasteiger charge is -2.15. The van der Waals surface area contributed by atoms with Crippen LogP contribution in [-0.4, -0.2) is 33.9 Å². The minimum atomic E-state index is -0.419. The summed E-state index contributed by atoms with van der Waals surface area (Å²) in [6.07, 6.45) is 1.79. The first-order valence-electron chi connectivity index (χ1n) is 6.74. The molecule has 0 bridgehead atoms. The van der Waals surface area contributed by atoms with Crippen LogP contribution >= 0.6 is 0 Å². The van der Waals surface area contributed by atoms with Crippen molar-refractivity contribution in [2.24, 2.45) is 0 Å². The number of allylic oxidation sites excluding steroid dienone is 1. The van der Waals surface area contributed by atoms with E-state index in [1.807, 2.05) is 6.92 Å². The Bertz CT molecular complexity index is 562. The van der Waals surface area contributed by atoms with E-state index in [9.17, 15) is 4.79 Å². The molecular formula is C17H22O5. The lowest BCUT2D eigenvalue weighted by Crippen LogP contribution is -2.05. The van der Waals surface area contributed by atoms with Gasteiger partial charge >= 0.3 is 5.97 Å². The Hall–Kier alpha value is -2.43. The van der Waals surface area contributed by atoms with Crippen molar-refractivity contribution in [3.8, 4) is 17.2 Å². The highest BCUT2D eigenvalue weighted by atomic mass is 16.5. The predicted molar refractivity (Wildman–Crippen MR) is 85.5 cm³/mol. The van der Waals surface area contributed by atoms with Crippen molar-refractivity contribution in [2.45, 2.75) is 13.8 Å². The highest BCUT2D eigenvalue weighted by Crippen LogP contribution is 2.38. The zero-order valence-corrected chi connectivity index (χ0v) is 13.7. The van der Waals surface area contributed by atoms with Crippen LogP contribution in [0, 0.1) is 0 Å². The van der Waals surface area contributed by atoms with Crippen LogP contribution in [0.4, 0.5) is 0 Å². The topological polar surface area (TPSA) is 54.0 Å². The molecule has 0 radical (unpaired) electrons. The van der Waals surface area contributed by atoms with Crippen molar-refractivity contribution >= 4 is 11.5 Å². The van der Waals surface area contributed by atoms with E-state index in [0.29, 0.717) is 22.8 Å². The van der Waals surface area contributed by atoms with Gasteiger partial charge in [-0.05, 0) is 25.5 Å². The maximum Gasteiger partial charge on any atom is 0.333 e. The number of esters is 1. The average Bonchev–Trinajstić information content (AvgIpc) is 2.52. The van der Waals surface area contributed by atoms with E-state index in [1.165, 1.54) is 0 Å². The van der Waals surface area contributed by atoms with E-state index in [-0.39, 0.29) is 6.61 Å². The van der Waals surface area contributed by atoms with E-state index in [4.69, 9.17) is 18.9 Å². The van der Waals surface area contributed by atoms with Crippen molar-refractivity contribution in [2.75, 3.05) is 27.9 Å². The van der Waals surface area contributed by atoms with Gasteiger partial charge in [-0.25, -0.2) is 4.79 Å². The number of methoxy groups -OCH3 is 3. The summed E-state index contributed by atoms with van der Waals surface area (Å²) in [4.78, 5) is 11.4. The molecule has 120 valence electrons. The van der Waals surface area contributed by atoms with Crippen LogP contribution < -0.4 is 14.2 Å². The molecule has 0 saturated heterocycles. The van der Waals surface area contributed by atoms with E-state index in [1.54, 1.807) is 46.5 Å². The number of hydrogen-bond donors (Lipinski definition) is 0. The SMILES string of the molecule is C=C(C)C(=O)OC/C=C(/C)c1c(OC)cc(OC)cc1OC. The zero-order chi connectivity index (χ0) is 16.7. The fourth-order valence-electron chi connectivity index (χ4n) is 1.86. The monoisotopic (exact) mass is 306 g/mol. The third-order valence-corrected chi connectivity index (χ3v) is 3.06. The van der Waals surface area contributed by atoms with Gasteiger partial charge in [0.15, 0.2) is 0 Å². The van der Waals surface area contributed by atoms with Crippen molar-refractivity contribution in [3.63, 3.8) is 0 Å². The number of ether oxygens (including phenoxy) is 4. The Morgan fingerprint density at radius 1 is 1.09 bits per heavy atom. The van der Waals surface area contributed by atoms with Crippen molar-refractivity contribution < 1.29 is 23.7 Å². The smallest absolute Gasteiger partial charge is 0.333 e. The molecule has 0 N–H and O–H groups in total. The van der Waals surface area contributed by atoms with Gasteiger partial charge in [-0.2, -0.15) is 0 Å². The van der Waals surface area contributed by atoms with Gasteiger partial charge in [0, 0.05) is 17.7 Å². The van der Waals surface area contributed by atoms with Gasteiger partial charge in [0.05, 0.1) is 26.9 Å². The summed E-state index contributed by atoms with van der Waals surface area (Å²) in [6.45, 7) is 7.18. The van der Waals surface area contributed by atoms with Gasteiger partial charge in [0.25, 0.3) is 0 Å². The molecule has 0 saturated carbocycles. The van der Waals surface area contributed by atoms with E-state index in [0.717, 1.165) is 11.1 Å². The van der Waals surface area contributed by atoms with Crippen molar-refractivity contribution in [1.82, 2.24) is 0 Å². The lowest BCUT2D eigenvalue weighted by molar-refractivity contribution is -0.137. The number of hydrogen-bond acceptors (Lipinski definition) is 5.